The van der Waals surface area contributed by atoms with E-state index in [2.05, 4.69) is 26.6 Å². The molecule has 0 fully saturated rings. The number of nitrogens with one attached hydrogen (secondary N) is 5. The van der Waals surface area contributed by atoms with Crippen molar-refractivity contribution in [3.8, 4) is 29.1 Å². The predicted octanol–water partition coefficient (Wildman–Crippen LogP) is 5.61. The Morgan fingerprint density at radius 3 is 1.49 bits per heavy atom. The molecule has 10 N–H and O–H groups in total. The third-order valence-electron chi connectivity index (χ3n) is 9.06. The largest absolute Gasteiger partial charge is 0.504 e. The van der Waals surface area contributed by atoms with Gasteiger partial charge in [0.1, 0.15) is 11.6 Å². The van der Waals surface area contributed by atoms with E-state index in [4.69, 9.17) is 20.5 Å². The highest BCUT2D eigenvalue weighted by atomic mass is 16.5. The van der Waals surface area contributed by atoms with Gasteiger partial charge >= 0.3 is 5.97 Å². The summed E-state index contributed by atoms with van der Waals surface area (Å²) in [7, 11) is 0. The number of phenols is 2. The lowest BCUT2D eigenvalue weighted by Crippen LogP contribution is -2.46. The van der Waals surface area contributed by atoms with E-state index in [-0.39, 0.29) is 45.3 Å². The summed E-state index contributed by atoms with van der Waals surface area (Å²) >= 11 is 0. The number of nitrogens with two attached hydrogens (primary N) is 1. The van der Waals surface area contributed by atoms with Crippen LogP contribution in [0, 0.1) is 11.3 Å². The minimum atomic E-state index is -1.43. The van der Waals surface area contributed by atoms with Crippen LogP contribution >= 0.6 is 0 Å². The Morgan fingerprint density at radius 2 is 1.02 bits per heavy atom. The zero-order valence-corrected chi connectivity index (χ0v) is 35.2. The number of carbonyl (C=O) groups is 7. The van der Waals surface area contributed by atoms with Crippen LogP contribution in [-0.4, -0.2) is 75.0 Å². The number of anilines is 4. The highest BCUT2D eigenvalue weighted by Crippen LogP contribution is 2.41. The molecule has 0 aromatic heterocycles. The van der Waals surface area contributed by atoms with Crippen LogP contribution in [0.15, 0.2) is 97.1 Å². The van der Waals surface area contributed by atoms with E-state index >= 15 is 0 Å². The van der Waals surface area contributed by atoms with Crippen molar-refractivity contribution >= 4 is 64.2 Å². The van der Waals surface area contributed by atoms with Gasteiger partial charge < -0.3 is 57.1 Å². The molecule has 19 heteroatoms. The summed E-state index contributed by atoms with van der Waals surface area (Å²) in [4.78, 5) is 89.3. The molecule has 0 saturated carbocycles. The van der Waals surface area contributed by atoms with Gasteiger partial charge in [-0.3, -0.25) is 28.8 Å². The molecule has 0 radical (unpaired) electrons. The summed E-state index contributed by atoms with van der Waals surface area (Å²) in [6.07, 6.45) is -1.63. The Morgan fingerprint density at radius 1 is 0.585 bits per heavy atom. The first-order valence-corrected chi connectivity index (χ1v) is 19.7. The fraction of sp³-hybridized carbons (Fsp3) is 0.174. The molecule has 0 heterocycles. The average molecular weight is 886 g/mol. The maximum Gasteiger partial charge on any atom is 0.339 e. The van der Waals surface area contributed by atoms with Gasteiger partial charge in [0.05, 0.1) is 47.2 Å². The van der Waals surface area contributed by atoms with Gasteiger partial charge in [-0.1, -0.05) is 0 Å². The minimum Gasteiger partial charge on any atom is -0.504 e. The van der Waals surface area contributed by atoms with Crippen LogP contribution in [0.1, 0.15) is 91.5 Å². The lowest BCUT2D eigenvalue weighted by molar-refractivity contribution is -0.123. The van der Waals surface area contributed by atoms with Crippen LogP contribution in [0.2, 0.25) is 0 Å². The summed E-state index contributed by atoms with van der Waals surface area (Å²) in [6.45, 7) is 6.55. The Kier molecular flexibility index (Phi) is 15.1. The lowest BCUT2D eigenvalue weighted by Gasteiger charge is -2.20. The number of nitrogens with zero attached hydrogens (tertiary/aromatic N) is 1. The predicted molar refractivity (Wildman–Crippen MR) is 236 cm³/mol. The zero-order valence-electron chi connectivity index (χ0n) is 35.2. The first-order chi connectivity index (χ1) is 30.8. The number of nitriles is 1. The summed E-state index contributed by atoms with van der Waals surface area (Å²) < 4.78 is 11.4. The van der Waals surface area contributed by atoms with E-state index in [0.717, 1.165) is 6.07 Å². The molecule has 1 atom stereocenters. The molecule has 0 spiro atoms. The maximum absolute atomic E-state index is 13.4. The van der Waals surface area contributed by atoms with Crippen molar-refractivity contribution in [3.63, 3.8) is 0 Å². The number of hydrogen-bond acceptors (Lipinski definition) is 12. The molecule has 5 rings (SSSR count). The average Bonchev–Trinajstić information content (AvgIpc) is 3.25. The van der Waals surface area contributed by atoms with Gasteiger partial charge in [-0.05, 0) is 125 Å². The van der Waals surface area contributed by atoms with Crippen LogP contribution in [0.5, 0.6) is 23.0 Å². The van der Waals surface area contributed by atoms with Crippen molar-refractivity contribution in [2.45, 2.75) is 52.4 Å². The monoisotopic (exact) mass is 885 g/mol. The second kappa shape index (κ2) is 20.8. The zero-order chi connectivity index (χ0) is 47.5. The fourth-order valence-electron chi connectivity index (χ4n) is 5.98. The number of carboxylic acid groups (broad SMARTS) is 1. The standard InChI is InChI=1S/C46H43N7O12/c1-23(2)64-39-33(19-17-31(37(39)55)44(60)52-34-20-18-32(46(62)63)38(56)40(34)65-24(3)4)51-42(58)27-11-15-30(16-12-27)50-45(61)35(21-36(48)54)53-43(59)28-9-13-29(14-10-28)49-41(57)26-7-5-25(22-47)6-8-26/h5-20,23-24,35,55-56H,21H2,1-4H3,(H2,48,54)(H,49,57)(H,50,61)(H,51,58)(H,52,60)(H,53,59)(H,62,63)/t35-/m0/s1. The molecule has 0 aliphatic rings. The Bertz CT molecular complexity index is 2690. The van der Waals surface area contributed by atoms with Gasteiger partial charge in [-0.25, -0.2) is 4.79 Å². The lowest BCUT2D eigenvalue weighted by atomic mass is 10.1. The maximum atomic E-state index is 13.4. The van der Waals surface area contributed by atoms with Crippen LogP contribution in [0.25, 0.3) is 0 Å². The minimum absolute atomic E-state index is 0.0186. The number of carbonyl (C=O) groups excluding carboxylic acids is 6. The van der Waals surface area contributed by atoms with Crippen LogP contribution in [0.4, 0.5) is 22.7 Å². The third-order valence-corrected chi connectivity index (χ3v) is 9.06. The van der Waals surface area contributed by atoms with Crippen LogP contribution in [0.3, 0.4) is 0 Å². The second-order valence-electron chi connectivity index (χ2n) is 14.7. The molecule has 0 saturated heterocycles. The molecule has 5 aromatic carbocycles. The smallest absolute Gasteiger partial charge is 0.339 e. The van der Waals surface area contributed by atoms with Crippen molar-refractivity contribution in [2.24, 2.45) is 5.73 Å². The number of ether oxygens (including phenoxy) is 2. The SMILES string of the molecule is CC(C)Oc1c(NC(=O)c2ccc(NC(=O)c3ccc(NC(=O)[C@H](CC(N)=O)NC(=O)c4ccc(NC(=O)c5ccc(C#N)cc5)cc4)cc3)c(OC(C)C)c2O)ccc(C(=O)O)c1O. The molecule has 65 heavy (non-hydrogen) atoms. The number of amides is 6. The molecule has 0 aliphatic carbocycles. The van der Waals surface area contributed by atoms with Gasteiger partial charge in [-0.15, -0.1) is 0 Å². The molecular formula is C46H43N7O12. The molecule has 0 aliphatic heterocycles. The fourth-order valence-corrected chi connectivity index (χ4v) is 5.98. The number of phenolic OH excluding ortho intramolecular Hbond substituents is 1. The summed E-state index contributed by atoms with van der Waals surface area (Å²) in [5, 5.41) is 53.1. The number of aromatic carboxylic acids is 1. The first kappa shape index (κ1) is 47.1. The van der Waals surface area contributed by atoms with E-state index < -0.39 is 83.1 Å². The van der Waals surface area contributed by atoms with Crippen molar-refractivity contribution in [1.29, 1.82) is 5.26 Å². The summed E-state index contributed by atoms with van der Waals surface area (Å²) in [6, 6.07) is 22.6. The van der Waals surface area contributed by atoms with Crippen molar-refractivity contribution < 1.29 is 58.4 Å². The normalized spacial score (nSPS) is 11.1. The van der Waals surface area contributed by atoms with Crippen molar-refractivity contribution in [2.75, 3.05) is 21.3 Å². The molecule has 0 bridgehead atoms. The molecule has 5 aromatic rings. The van der Waals surface area contributed by atoms with Gasteiger partial charge in [0.15, 0.2) is 23.0 Å². The Hall–Kier alpha value is -8.92. The number of primary amides is 1. The van der Waals surface area contributed by atoms with Gasteiger partial charge in [0, 0.05) is 28.1 Å². The van der Waals surface area contributed by atoms with E-state index in [1.807, 2.05) is 6.07 Å². The first-order valence-electron chi connectivity index (χ1n) is 19.7. The molecule has 6 amide bonds. The number of hydrogen-bond donors (Lipinski definition) is 9. The van der Waals surface area contributed by atoms with E-state index in [1.165, 1.54) is 91.0 Å². The Balaban J connectivity index is 1.25. The molecule has 0 unspecified atom stereocenters. The van der Waals surface area contributed by atoms with Gasteiger partial charge in [0.25, 0.3) is 23.6 Å². The number of rotatable bonds is 17. The quantitative estimate of drug-likeness (QED) is 0.0549. The van der Waals surface area contributed by atoms with E-state index in [0.29, 0.717) is 16.8 Å². The summed E-state index contributed by atoms with van der Waals surface area (Å²) in [5.74, 6) is -7.76. The molecule has 19 nitrogen and oxygen atoms in total. The second-order valence-corrected chi connectivity index (χ2v) is 14.7. The number of benzene rings is 5. The number of aromatic hydroxyl groups is 2. The summed E-state index contributed by atoms with van der Waals surface area (Å²) in [5.41, 5.74) is 5.94. The molecular weight excluding hydrogens is 843 g/mol. The van der Waals surface area contributed by atoms with Gasteiger partial charge in [-0.2, -0.15) is 5.26 Å². The van der Waals surface area contributed by atoms with Crippen LogP contribution in [-0.2, 0) is 9.59 Å². The third kappa shape index (κ3) is 12.1. The topological polar surface area (TPSA) is 309 Å². The van der Waals surface area contributed by atoms with Crippen LogP contribution < -0.4 is 41.8 Å². The Labute approximate surface area is 371 Å². The van der Waals surface area contributed by atoms with E-state index in [9.17, 15) is 48.9 Å². The van der Waals surface area contributed by atoms with E-state index in [1.54, 1.807) is 27.7 Å². The highest BCUT2D eigenvalue weighted by Gasteiger charge is 2.27. The van der Waals surface area contributed by atoms with Crippen molar-refractivity contribution in [1.82, 2.24) is 5.32 Å². The highest BCUT2D eigenvalue weighted by molar-refractivity contribution is 6.11. The molecule has 334 valence electrons. The van der Waals surface area contributed by atoms with Crippen molar-refractivity contribution in [3.05, 3.63) is 130 Å². The van der Waals surface area contributed by atoms with Gasteiger partial charge in [0.2, 0.25) is 11.8 Å². The number of carboxylic acids is 1.